The first-order chi connectivity index (χ1) is 9.16. The molecule has 0 bridgehead atoms. The minimum Gasteiger partial charge on any atom is -0.126 e. The molecular weight excluding hydrogens is 248 g/mol. The summed E-state index contributed by atoms with van der Waals surface area (Å²) in [6, 6.07) is 19.7. The van der Waals surface area contributed by atoms with Gasteiger partial charge in [0.15, 0.2) is 0 Å². The van der Waals surface area contributed by atoms with Crippen LogP contribution in [0.3, 0.4) is 0 Å². The van der Waals surface area contributed by atoms with E-state index in [-0.39, 0.29) is 0 Å². The van der Waals surface area contributed by atoms with Crippen molar-refractivity contribution in [2.75, 3.05) is 5.75 Å². The second-order valence-electron chi connectivity index (χ2n) is 5.35. The van der Waals surface area contributed by atoms with E-state index in [1.54, 1.807) is 0 Å². The van der Waals surface area contributed by atoms with Crippen LogP contribution in [0.15, 0.2) is 59.5 Å². The molecule has 0 spiro atoms. The van der Waals surface area contributed by atoms with Gasteiger partial charge in [0, 0.05) is 10.6 Å². The number of thioether (sulfide) groups is 1. The van der Waals surface area contributed by atoms with Crippen molar-refractivity contribution in [3.05, 3.63) is 65.7 Å². The molecule has 1 heteroatoms. The molecule has 0 saturated carbocycles. The Morgan fingerprint density at radius 2 is 1.53 bits per heavy atom. The molecule has 0 aromatic heterocycles. The fourth-order valence-corrected chi connectivity index (χ4v) is 3.04. The lowest BCUT2D eigenvalue weighted by Crippen LogP contribution is -1.98. The second kappa shape index (κ2) is 6.81. The Balaban J connectivity index is 2.00. The van der Waals surface area contributed by atoms with Gasteiger partial charge in [0.05, 0.1) is 0 Å². The molecule has 0 saturated heterocycles. The summed E-state index contributed by atoms with van der Waals surface area (Å²) in [5, 5.41) is 0. The van der Waals surface area contributed by atoms with Gasteiger partial charge < -0.3 is 0 Å². The Morgan fingerprint density at radius 3 is 2.21 bits per heavy atom. The summed E-state index contributed by atoms with van der Waals surface area (Å²) in [5.41, 5.74) is 2.89. The van der Waals surface area contributed by atoms with E-state index in [0.717, 1.165) is 5.75 Å². The Hall–Kier alpha value is -1.21. The maximum absolute atomic E-state index is 2.36. The third-order valence-corrected chi connectivity index (χ3v) is 4.66. The van der Waals surface area contributed by atoms with E-state index in [2.05, 4.69) is 75.4 Å². The first-order valence-corrected chi connectivity index (χ1v) is 7.93. The molecule has 0 amide bonds. The lowest BCUT2D eigenvalue weighted by Gasteiger charge is -2.14. The highest BCUT2D eigenvalue weighted by Gasteiger charge is 2.08. The molecule has 0 aliphatic rings. The molecule has 2 rings (SSSR count). The number of hydrogen-bond donors (Lipinski definition) is 0. The maximum Gasteiger partial charge on any atom is 0.00721 e. The van der Waals surface area contributed by atoms with Crippen molar-refractivity contribution >= 4 is 11.8 Å². The van der Waals surface area contributed by atoms with E-state index in [4.69, 9.17) is 0 Å². The van der Waals surface area contributed by atoms with E-state index in [9.17, 15) is 0 Å². The Morgan fingerprint density at radius 1 is 0.842 bits per heavy atom. The molecule has 1 unspecified atom stereocenters. The smallest absolute Gasteiger partial charge is 0.00721 e. The first-order valence-electron chi connectivity index (χ1n) is 6.94. The van der Waals surface area contributed by atoms with Gasteiger partial charge in [0.25, 0.3) is 0 Å². The number of benzene rings is 2. The van der Waals surface area contributed by atoms with Gasteiger partial charge >= 0.3 is 0 Å². The molecule has 0 aliphatic carbocycles. The fourth-order valence-electron chi connectivity index (χ4n) is 2.06. The third kappa shape index (κ3) is 4.14. The van der Waals surface area contributed by atoms with E-state index in [1.807, 2.05) is 11.8 Å². The van der Waals surface area contributed by atoms with Crippen molar-refractivity contribution < 1.29 is 0 Å². The van der Waals surface area contributed by atoms with Crippen molar-refractivity contribution in [3.63, 3.8) is 0 Å². The maximum atomic E-state index is 2.36. The minimum atomic E-state index is 0.587. The van der Waals surface area contributed by atoms with Crippen LogP contribution in [0.25, 0.3) is 0 Å². The summed E-state index contributed by atoms with van der Waals surface area (Å²) in [6.45, 7) is 6.82. The molecule has 0 heterocycles. The van der Waals surface area contributed by atoms with Crippen LogP contribution in [-0.2, 0) is 0 Å². The van der Waals surface area contributed by atoms with E-state index >= 15 is 0 Å². The van der Waals surface area contributed by atoms with Crippen molar-refractivity contribution in [3.8, 4) is 0 Å². The molecule has 0 aliphatic heterocycles. The van der Waals surface area contributed by atoms with Gasteiger partial charge in [-0.25, -0.2) is 0 Å². The topological polar surface area (TPSA) is 0 Å². The van der Waals surface area contributed by atoms with Crippen molar-refractivity contribution in [1.29, 1.82) is 0 Å². The van der Waals surface area contributed by atoms with Gasteiger partial charge in [-0.3, -0.25) is 0 Å². The molecule has 2 aromatic carbocycles. The summed E-state index contributed by atoms with van der Waals surface area (Å²) in [7, 11) is 0. The van der Waals surface area contributed by atoms with Crippen molar-refractivity contribution in [2.24, 2.45) is 0 Å². The summed E-state index contributed by atoms with van der Waals surface area (Å²) in [6.07, 6.45) is 0. The predicted molar refractivity (Wildman–Crippen MR) is 86.1 cm³/mol. The Labute approximate surface area is 121 Å². The Bertz CT molecular complexity index is 502. The van der Waals surface area contributed by atoms with Crippen LogP contribution in [0.1, 0.15) is 43.7 Å². The van der Waals surface area contributed by atoms with Crippen molar-refractivity contribution in [1.82, 2.24) is 0 Å². The van der Waals surface area contributed by atoms with Crippen LogP contribution in [0.2, 0.25) is 0 Å². The lowest BCUT2D eigenvalue weighted by molar-refractivity contribution is 0.840. The van der Waals surface area contributed by atoms with Gasteiger partial charge in [-0.15, -0.1) is 11.8 Å². The zero-order valence-electron chi connectivity index (χ0n) is 12.0. The predicted octanol–water partition coefficient (Wildman–Crippen LogP) is 5.71. The zero-order chi connectivity index (χ0) is 13.7. The monoisotopic (exact) mass is 270 g/mol. The first kappa shape index (κ1) is 14.2. The summed E-state index contributed by atoms with van der Waals surface area (Å²) in [4.78, 5) is 1.36. The van der Waals surface area contributed by atoms with Crippen LogP contribution in [0, 0.1) is 0 Å². The van der Waals surface area contributed by atoms with Gasteiger partial charge in [-0.1, -0.05) is 63.2 Å². The quantitative estimate of drug-likeness (QED) is 0.627. The molecule has 19 heavy (non-hydrogen) atoms. The van der Waals surface area contributed by atoms with Gasteiger partial charge in [-0.05, 0) is 35.1 Å². The largest absolute Gasteiger partial charge is 0.126 e. The third-order valence-electron chi connectivity index (χ3n) is 3.39. The molecule has 0 radical (unpaired) electrons. The standard InChI is InChI=1S/C18H22S/c1-14(2)16-8-7-9-17(12-16)15(3)13-19-18-10-5-4-6-11-18/h4-12,14-15H,13H2,1-3H3. The second-order valence-corrected chi connectivity index (χ2v) is 6.44. The average Bonchev–Trinajstić information content (AvgIpc) is 2.46. The Kier molecular flexibility index (Phi) is 5.09. The van der Waals surface area contributed by atoms with Crippen molar-refractivity contribution in [2.45, 2.75) is 37.5 Å². The van der Waals surface area contributed by atoms with Gasteiger partial charge in [-0.2, -0.15) is 0 Å². The fraction of sp³-hybridized carbons (Fsp3) is 0.333. The number of hydrogen-bond acceptors (Lipinski definition) is 1. The molecule has 100 valence electrons. The average molecular weight is 270 g/mol. The summed E-state index contributed by atoms with van der Waals surface area (Å²) >= 11 is 1.94. The van der Waals surface area contributed by atoms with Gasteiger partial charge in [0.1, 0.15) is 0 Å². The molecule has 0 N–H and O–H groups in total. The highest BCUT2D eigenvalue weighted by Crippen LogP contribution is 2.27. The molecule has 0 fully saturated rings. The van der Waals surface area contributed by atoms with E-state index in [1.165, 1.54) is 16.0 Å². The highest BCUT2D eigenvalue weighted by molar-refractivity contribution is 7.99. The zero-order valence-corrected chi connectivity index (χ0v) is 12.8. The van der Waals surface area contributed by atoms with Gasteiger partial charge in [0.2, 0.25) is 0 Å². The molecule has 1 atom stereocenters. The van der Waals surface area contributed by atoms with Crippen LogP contribution in [0.4, 0.5) is 0 Å². The molecule has 2 aromatic rings. The highest BCUT2D eigenvalue weighted by atomic mass is 32.2. The summed E-state index contributed by atoms with van der Waals surface area (Å²) in [5.74, 6) is 2.32. The van der Waals surface area contributed by atoms with E-state index in [0.29, 0.717) is 11.8 Å². The SMILES string of the molecule is CC(C)c1cccc(C(C)CSc2ccccc2)c1. The normalized spacial score (nSPS) is 12.6. The molecular formula is C18H22S. The summed E-state index contributed by atoms with van der Waals surface area (Å²) < 4.78 is 0. The van der Waals surface area contributed by atoms with Crippen LogP contribution in [0.5, 0.6) is 0 Å². The van der Waals surface area contributed by atoms with Crippen LogP contribution >= 0.6 is 11.8 Å². The number of rotatable bonds is 5. The minimum absolute atomic E-state index is 0.587. The molecule has 0 nitrogen and oxygen atoms in total. The van der Waals surface area contributed by atoms with Crippen LogP contribution < -0.4 is 0 Å². The lowest BCUT2D eigenvalue weighted by atomic mass is 9.96. The van der Waals surface area contributed by atoms with E-state index < -0.39 is 0 Å². The van der Waals surface area contributed by atoms with Crippen LogP contribution in [-0.4, -0.2) is 5.75 Å².